The lowest BCUT2D eigenvalue weighted by molar-refractivity contribution is 0.102. The van der Waals surface area contributed by atoms with Gasteiger partial charge in [-0.25, -0.2) is 4.39 Å². The summed E-state index contributed by atoms with van der Waals surface area (Å²) in [6.45, 7) is 0.262. The van der Waals surface area contributed by atoms with Crippen molar-refractivity contribution in [1.29, 1.82) is 0 Å². The lowest BCUT2D eigenvalue weighted by Gasteiger charge is -2.10. The summed E-state index contributed by atoms with van der Waals surface area (Å²) in [5.41, 5.74) is 1.19. The molecule has 2 aromatic carbocycles. The van der Waals surface area contributed by atoms with Crippen molar-refractivity contribution in [3.8, 4) is 11.5 Å². The summed E-state index contributed by atoms with van der Waals surface area (Å²) in [6, 6.07) is 14.6. The van der Waals surface area contributed by atoms with Crippen molar-refractivity contribution in [3.05, 3.63) is 71.7 Å². The van der Waals surface area contributed by atoms with E-state index >= 15 is 0 Å². The van der Waals surface area contributed by atoms with Gasteiger partial charge in [-0.3, -0.25) is 4.79 Å². The number of ether oxygens (including phenoxy) is 2. The van der Waals surface area contributed by atoms with Crippen LogP contribution in [0.1, 0.15) is 16.1 Å². The molecule has 8 heteroatoms. The van der Waals surface area contributed by atoms with E-state index in [4.69, 9.17) is 9.47 Å². The molecule has 0 aliphatic carbocycles. The van der Waals surface area contributed by atoms with Gasteiger partial charge in [-0.1, -0.05) is 18.2 Å². The maximum Gasteiger partial charge on any atom is 0.276 e. The lowest BCUT2D eigenvalue weighted by Crippen LogP contribution is -2.15. The number of methoxy groups -OCH3 is 2. The molecule has 0 aliphatic heterocycles. The van der Waals surface area contributed by atoms with Gasteiger partial charge in [0.15, 0.2) is 17.2 Å². The van der Waals surface area contributed by atoms with Gasteiger partial charge in [-0.15, -0.1) is 10.2 Å². The zero-order chi connectivity index (χ0) is 19.9. The van der Waals surface area contributed by atoms with Crippen molar-refractivity contribution in [2.24, 2.45) is 0 Å². The van der Waals surface area contributed by atoms with Crippen LogP contribution in [0.25, 0.3) is 0 Å². The zero-order valence-corrected chi connectivity index (χ0v) is 15.4. The van der Waals surface area contributed by atoms with Gasteiger partial charge in [-0.05, 0) is 30.3 Å². The van der Waals surface area contributed by atoms with E-state index in [2.05, 4.69) is 20.8 Å². The molecule has 1 heterocycles. The maximum atomic E-state index is 13.6. The van der Waals surface area contributed by atoms with Crippen LogP contribution in [-0.4, -0.2) is 30.3 Å². The molecule has 1 amide bonds. The number of benzene rings is 2. The molecule has 3 rings (SSSR count). The largest absolute Gasteiger partial charge is 0.493 e. The van der Waals surface area contributed by atoms with Gasteiger partial charge in [0.1, 0.15) is 11.6 Å². The second-order valence-corrected chi connectivity index (χ2v) is 5.77. The first-order valence-electron chi connectivity index (χ1n) is 8.45. The molecule has 2 N–H and O–H groups in total. The Kier molecular flexibility index (Phi) is 6.01. The lowest BCUT2D eigenvalue weighted by atomic mass is 10.2. The number of aromatic nitrogens is 2. The Morgan fingerprint density at radius 3 is 2.46 bits per heavy atom. The van der Waals surface area contributed by atoms with Crippen LogP contribution in [-0.2, 0) is 6.54 Å². The summed E-state index contributed by atoms with van der Waals surface area (Å²) in [5.74, 6) is 0.782. The van der Waals surface area contributed by atoms with Gasteiger partial charge in [-0.2, -0.15) is 0 Å². The highest BCUT2D eigenvalue weighted by atomic mass is 19.1. The van der Waals surface area contributed by atoms with Gasteiger partial charge in [0.25, 0.3) is 5.91 Å². The number of hydrogen-bond donors (Lipinski definition) is 2. The smallest absolute Gasteiger partial charge is 0.276 e. The van der Waals surface area contributed by atoms with Gasteiger partial charge in [0, 0.05) is 23.9 Å². The maximum absolute atomic E-state index is 13.6. The molecule has 3 aromatic rings. The monoisotopic (exact) mass is 382 g/mol. The van der Waals surface area contributed by atoms with Crippen molar-refractivity contribution in [2.45, 2.75) is 6.54 Å². The number of carbonyl (C=O) groups excluding carboxylic acids is 1. The molecule has 0 bridgehead atoms. The van der Waals surface area contributed by atoms with Crippen molar-refractivity contribution in [2.75, 3.05) is 24.9 Å². The summed E-state index contributed by atoms with van der Waals surface area (Å²) in [5, 5.41) is 13.6. The second kappa shape index (κ2) is 8.81. The number of nitrogens with one attached hydrogen (secondary N) is 2. The molecule has 0 aliphatic rings. The Bertz CT molecular complexity index is 964. The fourth-order valence-electron chi connectivity index (χ4n) is 2.48. The second-order valence-electron chi connectivity index (χ2n) is 5.77. The van der Waals surface area contributed by atoms with Crippen LogP contribution < -0.4 is 20.1 Å². The molecule has 28 heavy (non-hydrogen) atoms. The Morgan fingerprint density at radius 2 is 1.79 bits per heavy atom. The Morgan fingerprint density at radius 1 is 1.00 bits per heavy atom. The molecule has 0 spiro atoms. The first-order chi connectivity index (χ1) is 13.6. The van der Waals surface area contributed by atoms with Gasteiger partial charge >= 0.3 is 0 Å². The van der Waals surface area contributed by atoms with Crippen LogP contribution in [0.5, 0.6) is 11.5 Å². The van der Waals surface area contributed by atoms with E-state index in [1.165, 1.54) is 26.4 Å². The van der Waals surface area contributed by atoms with Gasteiger partial charge in [0.05, 0.1) is 14.2 Å². The average molecular weight is 382 g/mol. The molecule has 0 radical (unpaired) electrons. The molecule has 0 saturated carbocycles. The molecule has 0 saturated heterocycles. The first-order valence-corrected chi connectivity index (χ1v) is 8.45. The highest BCUT2D eigenvalue weighted by molar-refractivity contribution is 6.02. The first kappa shape index (κ1) is 19.1. The summed E-state index contributed by atoms with van der Waals surface area (Å²) in [7, 11) is 3.05. The van der Waals surface area contributed by atoms with Crippen LogP contribution in [0.3, 0.4) is 0 Å². The predicted octanol–water partition coefficient (Wildman–Crippen LogP) is 3.50. The topological polar surface area (TPSA) is 85.4 Å². The van der Waals surface area contributed by atoms with E-state index in [0.29, 0.717) is 28.6 Å². The molecule has 0 unspecified atom stereocenters. The van der Waals surface area contributed by atoms with E-state index in [0.717, 1.165) is 0 Å². The number of halogens is 1. The van der Waals surface area contributed by atoms with E-state index in [1.54, 1.807) is 42.5 Å². The number of hydrogen-bond acceptors (Lipinski definition) is 6. The average Bonchev–Trinajstić information content (AvgIpc) is 2.73. The molecular formula is C20H19FN4O3. The Labute approximate surface area is 161 Å². The number of nitrogens with zero attached hydrogens (tertiary/aromatic N) is 2. The molecule has 1 aromatic heterocycles. The van der Waals surface area contributed by atoms with Crippen molar-refractivity contribution < 1.29 is 18.7 Å². The van der Waals surface area contributed by atoms with Crippen molar-refractivity contribution in [1.82, 2.24) is 10.2 Å². The minimum atomic E-state index is -0.416. The SMILES string of the molecule is COc1ccc(NC(=O)c2ccc(NCc3ccccc3F)nn2)cc1OC. The number of anilines is 2. The van der Waals surface area contributed by atoms with Crippen LogP contribution in [0.2, 0.25) is 0 Å². The van der Waals surface area contributed by atoms with Crippen LogP contribution in [0.15, 0.2) is 54.6 Å². The third-order valence-corrected chi connectivity index (χ3v) is 3.96. The van der Waals surface area contributed by atoms with Crippen LogP contribution >= 0.6 is 0 Å². The zero-order valence-electron chi connectivity index (χ0n) is 15.4. The van der Waals surface area contributed by atoms with E-state index in [-0.39, 0.29) is 18.1 Å². The number of amides is 1. The third kappa shape index (κ3) is 4.53. The molecule has 144 valence electrons. The highest BCUT2D eigenvalue weighted by Crippen LogP contribution is 2.29. The van der Waals surface area contributed by atoms with Gasteiger partial charge < -0.3 is 20.1 Å². The third-order valence-electron chi connectivity index (χ3n) is 3.96. The van der Waals surface area contributed by atoms with E-state index in [1.807, 2.05) is 0 Å². The molecule has 0 fully saturated rings. The number of carbonyl (C=O) groups is 1. The quantitative estimate of drug-likeness (QED) is 0.651. The van der Waals surface area contributed by atoms with Crippen molar-refractivity contribution in [3.63, 3.8) is 0 Å². The minimum Gasteiger partial charge on any atom is -0.493 e. The standard InChI is InChI=1S/C20H19FN4O3/c1-27-17-9-7-14(11-18(17)28-2)23-20(26)16-8-10-19(25-24-16)22-12-13-5-3-4-6-15(13)21/h3-11H,12H2,1-2H3,(H,22,25)(H,23,26). The van der Waals surface area contributed by atoms with E-state index < -0.39 is 5.91 Å². The normalized spacial score (nSPS) is 10.2. The summed E-state index contributed by atoms with van der Waals surface area (Å²) in [4.78, 5) is 12.3. The summed E-state index contributed by atoms with van der Waals surface area (Å²) < 4.78 is 24.0. The Hall–Kier alpha value is -3.68. The van der Waals surface area contributed by atoms with Crippen LogP contribution in [0.4, 0.5) is 15.9 Å². The number of rotatable bonds is 7. The highest BCUT2D eigenvalue weighted by Gasteiger charge is 2.11. The fraction of sp³-hybridized carbons (Fsp3) is 0.150. The van der Waals surface area contributed by atoms with Crippen molar-refractivity contribution >= 4 is 17.4 Å². The molecule has 0 atom stereocenters. The summed E-state index contributed by atoms with van der Waals surface area (Å²) in [6.07, 6.45) is 0. The molecular weight excluding hydrogens is 363 g/mol. The fourth-order valence-corrected chi connectivity index (χ4v) is 2.48. The molecule has 7 nitrogen and oxygen atoms in total. The van der Waals surface area contributed by atoms with Crippen LogP contribution in [0, 0.1) is 5.82 Å². The van der Waals surface area contributed by atoms with Gasteiger partial charge in [0.2, 0.25) is 0 Å². The predicted molar refractivity (Wildman–Crippen MR) is 103 cm³/mol. The van der Waals surface area contributed by atoms with E-state index in [9.17, 15) is 9.18 Å². The summed E-state index contributed by atoms with van der Waals surface area (Å²) >= 11 is 0. The Balaban J connectivity index is 1.63. The minimum absolute atomic E-state index is 0.145.